The molecule has 176 valence electrons. The number of halogens is 6. The predicted octanol–water partition coefficient (Wildman–Crippen LogP) is 4.20. The molecule has 0 aromatic carbocycles. The Hall–Kier alpha value is -4.36. The van der Waals surface area contributed by atoms with E-state index in [1.54, 1.807) is 24.3 Å². The van der Waals surface area contributed by atoms with Crippen LogP contribution in [0.15, 0.2) is 61.2 Å². The molecule has 0 atom stereocenters. The number of carbonyl (C=O) groups is 2. The SMILES string of the molecule is O=C(Oc1cnc2ncccc2c1)C(F)(F)F.O=C(Oc1cnc2ncccc2c1)C(F)(F)F. The van der Waals surface area contributed by atoms with E-state index in [1.165, 1.54) is 24.5 Å². The van der Waals surface area contributed by atoms with Gasteiger partial charge in [-0.05, 0) is 36.4 Å². The summed E-state index contributed by atoms with van der Waals surface area (Å²) in [4.78, 5) is 36.4. The van der Waals surface area contributed by atoms with Crippen molar-refractivity contribution >= 4 is 34.0 Å². The number of alkyl halides is 6. The molecule has 34 heavy (non-hydrogen) atoms. The maximum absolute atomic E-state index is 11.9. The summed E-state index contributed by atoms with van der Waals surface area (Å²) < 4.78 is 79.9. The molecular formula is C20H10F6N4O4. The normalized spacial score (nSPS) is 11.5. The first kappa shape index (κ1) is 24.3. The molecule has 0 saturated carbocycles. The second-order valence-corrected chi connectivity index (χ2v) is 6.22. The summed E-state index contributed by atoms with van der Waals surface area (Å²) in [5, 5.41) is 0.972. The summed E-state index contributed by atoms with van der Waals surface area (Å²) in [7, 11) is 0. The Kier molecular flexibility index (Phi) is 6.89. The van der Waals surface area contributed by atoms with Crippen LogP contribution in [0.3, 0.4) is 0 Å². The minimum Gasteiger partial charge on any atom is -0.418 e. The second-order valence-electron chi connectivity index (χ2n) is 6.22. The Balaban J connectivity index is 0.000000191. The zero-order chi connectivity index (χ0) is 24.9. The average Bonchev–Trinajstić information content (AvgIpc) is 2.78. The lowest BCUT2D eigenvalue weighted by Crippen LogP contribution is -2.27. The van der Waals surface area contributed by atoms with E-state index in [-0.39, 0.29) is 11.5 Å². The Bertz CT molecular complexity index is 1240. The van der Waals surface area contributed by atoms with Gasteiger partial charge in [-0.2, -0.15) is 26.3 Å². The third kappa shape index (κ3) is 6.34. The molecule has 8 nitrogen and oxygen atoms in total. The van der Waals surface area contributed by atoms with Gasteiger partial charge in [0.1, 0.15) is 11.5 Å². The Morgan fingerprint density at radius 2 is 1.03 bits per heavy atom. The average molecular weight is 484 g/mol. The standard InChI is InChI=1S/2C10H5F3N2O2/c2*11-10(12,13)9(16)17-7-4-6-2-1-3-14-8(6)15-5-7/h2*1-5H. The number of rotatable bonds is 2. The van der Waals surface area contributed by atoms with E-state index >= 15 is 0 Å². The largest absolute Gasteiger partial charge is 0.491 e. The van der Waals surface area contributed by atoms with Crippen molar-refractivity contribution < 1.29 is 45.4 Å². The maximum atomic E-state index is 11.9. The van der Waals surface area contributed by atoms with Gasteiger partial charge in [-0.25, -0.2) is 29.5 Å². The van der Waals surface area contributed by atoms with E-state index in [0.717, 1.165) is 12.4 Å². The van der Waals surface area contributed by atoms with Crippen LogP contribution in [-0.2, 0) is 9.59 Å². The van der Waals surface area contributed by atoms with Crippen LogP contribution < -0.4 is 9.47 Å². The highest BCUT2D eigenvalue weighted by Gasteiger charge is 2.42. The van der Waals surface area contributed by atoms with Crippen LogP contribution in [0, 0.1) is 0 Å². The minimum absolute atomic E-state index is 0.271. The third-order valence-electron chi connectivity index (χ3n) is 3.74. The molecular weight excluding hydrogens is 474 g/mol. The molecule has 4 heterocycles. The zero-order valence-electron chi connectivity index (χ0n) is 16.5. The molecule has 0 N–H and O–H groups in total. The van der Waals surface area contributed by atoms with Crippen LogP contribution in [0.25, 0.3) is 22.1 Å². The Morgan fingerprint density at radius 1 is 0.647 bits per heavy atom. The van der Waals surface area contributed by atoms with Crippen molar-refractivity contribution in [3.05, 3.63) is 61.2 Å². The van der Waals surface area contributed by atoms with Crippen LogP contribution in [0.2, 0.25) is 0 Å². The predicted molar refractivity (Wildman–Crippen MR) is 102 cm³/mol. The quantitative estimate of drug-likeness (QED) is 0.308. The highest BCUT2D eigenvalue weighted by atomic mass is 19.4. The van der Waals surface area contributed by atoms with Gasteiger partial charge >= 0.3 is 24.3 Å². The number of esters is 2. The topological polar surface area (TPSA) is 104 Å². The maximum Gasteiger partial charge on any atom is 0.491 e. The summed E-state index contributed by atoms with van der Waals surface area (Å²) in [5.41, 5.74) is 0.721. The number of hydrogen-bond acceptors (Lipinski definition) is 8. The number of hydrogen-bond donors (Lipinski definition) is 0. The summed E-state index contributed by atoms with van der Waals surface area (Å²) in [6, 6.07) is 8.91. The summed E-state index contributed by atoms with van der Waals surface area (Å²) in [5.74, 6) is -5.09. The van der Waals surface area contributed by atoms with Crippen LogP contribution >= 0.6 is 0 Å². The van der Waals surface area contributed by atoms with E-state index in [0.29, 0.717) is 22.1 Å². The van der Waals surface area contributed by atoms with Gasteiger partial charge in [0.05, 0.1) is 12.4 Å². The van der Waals surface area contributed by atoms with Gasteiger partial charge < -0.3 is 9.47 Å². The molecule has 0 amide bonds. The highest BCUT2D eigenvalue weighted by molar-refractivity contribution is 5.81. The molecule has 4 aromatic rings. The molecule has 4 aromatic heterocycles. The van der Waals surface area contributed by atoms with Crippen molar-refractivity contribution in [2.24, 2.45) is 0 Å². The van der Waals surface area contributed by atoms with Crippen molar-refractivity contribution in [1.29, 1.82) is 0 Å². The molecule has 0 unspecified atom stereocenters. The first-order valence-corrected chi connectivity index (χ1v) is 8.93. The molecule has 0 saturated heterocycles. The Labute approximate surface area is 185 Å². The monoisotopic (exact) mass is 484 g/mol. The lowest BCUT2D eigenvalue weighted by Gasteiger charge is -2.06. The molecule has 4 rings (SSSR count). The third-order valence-corrected chi connectivity index (χ3v) is 3.74. The summed E-state index contributed by atoms with van der Waals surface area (Å²) in [6.45, 7) is 0. The lowest BCUT2D eigenvalue weighted by atomic mass is 10.3. The van der Waals surface area contributed by atoms with Gasteiger partial charge in [-0.3, -0.25) is 0 Å². The summed E-state index contributed by atoms with van der Waals surface area (Å²) in [6.07, 6.45) is -5.03. The van der Waals surface area contributed by atoms with Crippen molar-refractivity contribution in [2.45, 2.75) is 12.4 Å². The zero-order valence-corrected chi connectivity index (χ0v) is 16.5. The molecule has 0 bridgehead atoms. The van der Waals surface area contributed by atoms with E-state index in [1.807, 2.05) is 0 Å². The van der Waals surface area contributed by atoms with Gasteiger partial charge in [0.25, 0.3) is 0 Å². The van der Waals surface area contributed by atoms with Crippen LogP contribution in [0.1, 0.15) is 0 Å². The van der Waals surface area contributed by atoms with Gasteiger partial charge in [0.15, 0.2) is 11.3 Å². The van der Waals surface area contributed by atoms with E-state index in [2.05, 4.69) is 29.4 Å². The highest BCUT2D eigenvalue weighted by Crippen LogP contribution is 2.23. The number of ether oxygens (including phenoxy) is 2. The van der Waals surface area contributed by atoms with Crippen molar-refractivity contribution in [1.82, 2.24) is 19.9 Å². The fourth-order valence-electron chi connectivity index (χ4n) is 2.33. The number of carbonyl (C=O) groups excluding carboxylic acids is 2. The molecule has 0 radical (unpaired) electrons. The fourth-order valence-corrected chi connectivity index (χ4v) is 2.33. The van der Waals surface area contributed by atoms with Gasteiger partial charge in [0, 0.05) is 23.2 Å². The molecule has 0 spiro atoms. The van der Waals surface area contributed by atoms with Gasteiger partial charge in [0.2, 0.25) is 0 Å². The van der Waals surface area contributed by atoms with Crippen LogP contribution in [0.4, 0.5) is 26.3 Å². The van der Waals surface area contributed by atoms with Gasteiger partial charge in [-0.1, -0.05) is 0 Å². The fraction of sp³-hybridized carbons (Fsp3) is 0.100. The van der Waals surface area contributed by atoms with Gasteiger partial charge in [-0.15, -0.1) is 0 Å². The van der Waals surface area contributed by atoms with E-state index in [9.17, 15) is 35.9 Å². The number of aromatic nitrogens is 4. The smallest absolute Gasteiger partial charge is 0.418 e. The number of nitrogens with zero attached hydrogens (tertiary/aromatic N) is 4. The molecule has 0 aliphatic carbocycles. The lowest BCUT2D eigenvalue weighted by molar-refractivity contribution is -0.189. The van der Waals surface area contributed by atoms with Crippen molar-refractivity contribution in [2.75, 3.05) is 0 Å². The minimum atomic E-state index is -5.02. The van der Waals surface area contributed by atoms with E-state index in [4.69, 9.17) is 0 Å². The molecule has 0 aliphatic heterocycles. The van der Waals surface area contributed by atoms with E-state index < -0.39 is 24.3 Å². The first-order valence-electron chi connectivity index (χ1n) is 8.93. The number of fused-ring (bicyclic) bond motifs is 2. The number of pyridine rings is 4. The first-order chi connectivity index (χ1) is 15.9. The van der Waals surface area contributed by atoms with Crippen LogP contribution in [-0.4, -0.2) is 44.2 Å². The second kappa shape index (κ2) is 9.64. The molecule has 0 fully saturated rings. The molecule has 0 aliphatic rings. The van der Waals surface area contributed by atoms with Crippen molar-refractivity contribution in [3.8, 4) is 11.5 Å². The Morgan fingerprint density at radius 3 is 1.38 bits per heavy atom. The molecule has 14 heteroatoms. The summed E-state index contributed by atoms with van der Waals surface area (Å²) >= 11 is 0. The van der Waals surface area contributed by atoms with Crippen molar-refractivity contribution in [3.63, 3.8) is 0 Å². The van der Waals surface area contributed by atoms with Crippen LogP contribution in [0.5, 0.6) is 11.5 Å².